The van der Waals surface area contributed by atoms with Gasteiger partial charge in [0.2, 0.25) is 0 Å². The molecule has 2 aromatic carbocycles. The van der Waals surface area contributed by atoms with Crippen LogP contribution >= 0.6 is 11.6 Å². The number of benzene rings is 2. The van der Waals surface area contributed by atoms with Crippen LogP contribution < -0.4 is 5.32 Å². The molecule has 2 nitrogen and oxygen atoms in total. The van der Waals surface area contributed by atoms with Crippen molar-refractivity contribution in [3.05, 3.63) is 70.4 Å². The van der Waals surface area contributed by atoms with Crippen LogP contribution in [0.4, 0.5) is 5.69 Å². The molecule has 0 aliphatic heterocycles. The molecule has 0 radical (unpaired) electrons. The van der Waals surface area contributed by atoms with Gasteiger partial charge in [-0.1, -0.05) is 35.9 Å². The van der Waals surface area contributed by atoms with Crippen LogP contribution in [0.25, 0.3) is 10.9 Å². The summed E-state index contributed by atoms with van der Waals surface area (Å²) in [5.74, 6) is 0. The van der Waals surface area contributed by atoms with Gasteiger partial charge in [0.1, 0.15) is 0 Å². The number of aromatic nitrogens is 1. The lowest BCUT2D eigenvalue weighted by Gasteiger charge is -2.13. The highest BCUT2D eigenvalue weighted by Crippen LogP contribution is 2.25. The molecule has 0 aliphatic rings. The van der Waals surface area contributed by atoms with Crippen molar-refractivity contribution >= 4 is 28.2 Å². The molecule has 1 N–H and O–H groups in total. The van der Waals surface area contributed by atoms with Crippen molar-refractivity contribution in [1.82, 2.24) is 4.98 Å². The first kappa shape index (κ1) is 13.9. The van der Waals surface area contributed by atoms with Crippen molar-refractivity contribution in [2.75, 3.05) is 5.32 Å². The van der Waals surface area contributed by atoms with Crippen molar-refractivity contribution in [2.45, 2.75) is 20.4 Å². The Kier molecular flexibility index (Phi) is 3.80. The summed E-state index contributed by atoms with van der Waals surface area (Å²) >= 11 is 6.17. The van der Waals surface area contributed by atoms with E-state index in [1.807, 2.05) is 38.1 Å². The molecule has 0 aliphatic carbocycles. The Balaban J connectivity index is 1.93. The van der Waals surface area contributed by atoms with Crippen LogP contribution in [0.5, 0.6) is 0 Å². The maximum Gasteiger partial charge on any atom is 0.0708 e. The van der Waals surface area contributed by atoms with Crippen molar-refractivity contribution in [3.8, 4) is 0 Å². The summed E-state index contributed by atoms with van der Waals surface area (Å²) < 4.78 is 0. The lowest BCUT2D eigenvalue weighted by Crippen LogP contribution is -2.03. The molecule has 1 heterocycles. The van der Waals surface area contributed by atoms with E-state index in [1.54, 1.807) is 0 Å². The van der Waals surface area contributed by atoms with Crippen LogP contribution in [0.3, 0.4) is 0 Å². The van der Waals surface area contributed by atoms with Crippen LogP contribution in [0, 0.1) is 13.8 Å². The van der Waals surface area contributed by atoms with Gasteiger partial charge in [-0.3, -0.25) is 4.98 Å². The van der Waals surface area contributed by atoms with E-state index in [0.29, 0.717) is 0 Å². The summed E-state index contributed by atoms with van der Waals surface area (Å²) in [7, 11) is 0. The van der Waals surface area contributed by atoms with Crippen LogP contribution in [0.15, 0.2) is 48.5 Å². The van der Waals surface area contributed by atoms with Crippen molar-refractivity contribution in [3.63, 3.8) is 0 Å². The standard InChI is InChI=1S/C18H17ClN2/c1-12-10-14(15-6-3-4-8-18(15)21-12)11-20-17-9-5-7-16(19)13(17)2/h3-10,20H,11H2,1-2H3. The van der Waals surface area contributed by atoms with Crippen LogP contribution in [-0.4, -0.2) is 4.98 Å². The third-order valence-corrected chi connectivity index (χ3v) is 4.08. The quantitative estimate of drug-likeness (QED) is 0.726. The van der Waals surface area contributed by atoms with Gasteiger partial charge >= 0.3 is 0 Å². The molecule has 0 fully saturated rings. The van der Waals surface area contributed by atoms with Crippen LogP contribution in [0.2, 0.25) is 5.02 Å². The molecule has 0 saturated heterocycles. The second-order valence-electron chi connectivity index (χ2n) is 5.21. The highest BCUT2D eigenvalue weighted by molar-refractivity contribution is 6.31. The van der Waals surface area contributed by atoms with Crippen molar-refractivity contribution in [2.24, 2.45) is 0 Å². The highest BCUT2D eigenvalue weighted by Gasteiger charge is 2.05. The lowest BCUT2D eigenvalue weighted by atomic mass is 10.1. The topological polar surface area (TPSA) is 24.9 Å². The van der Waals surface area contributed by atoms with E-state index >= 15 is 0 Å². The van der Waals surface area contributed by atoms with E-state index in [0.717, 1.165) is 34.0 Å². The summed E-state index contributed by atoms with van der Waals surface area (Å²) in [4.78, 5) is 4.57. The Morgan fingerprint density at radius 3 is 2.71 bits per heavy atom. The summed E-state index contributed by atoms with van der Waals surface area (Å²) in [6.45, 7) is 4.81. The highest BCUT2D eigenvalue weighted by atomic mass is 35.5. The first-order valence-electron chi connectivity index (χ1n) is 6.99. The van der Waals surface area contributed by atoms with E-state index in [4.69, 9.17) is 11.6 Å². The number of pyridine rings is 1. The second kappa shape index (κ2) is 5.74. The van der Waals surface area contributed by atoms with Gasteiger partial charge in [0.15, 0.2) is 0 Å². The number of para-hydroxylation sites is 1. The van der Waals surface area contributed by atoms with E-state index in [-0.39, 0.29) is 0 Å². The molecular formula is C18H17ClN2. The van der Waals surface area contributed by atoms with E-state index in [2.05, 4.69) is 34.6 Å². The number of nitrogens with one attached hydrogen (secondary N) is 1. The number of fused-ring (bicyclic) bond motifs is 1. The first-order valence-corrected chi connectivity index (χ1v) is 7.37. The maximum atomic E-state index is 6.17. The van der Waals surface area contributed by atoms with E-state index in [1.165, 1.54) is 10.9 Å². The number of hydrogen-bond acceptors (Lipinski definition) is 2. The van der Waals surface area contributed by atoms with Crippen LogP contribution in [0.1, 0.15) is 16.8 Å². The molecule has 3 rings (SSSR count). The number of rotatable bonds is 3. The van der Waals surface area contributed by atoms with Gasteiger partial charge in [0.25, 0.3) is 0 Å². The van der Waals surface area contributed by atoms with Gasteiger partial charge in [-0.25, -0.2) is 0 Å². The molecule has 0 spiro atoms. The number of nitrogens with zero attached hydrogens (tertiary/aromatic N) is 1. The molecule has 0 bridgehead atoms. The maximum absolute atomic E-state index is 6.17. The number of aryl methyl sites for hydroxylation is 1. The van der Waals surface area contributed by atoms with Gasteiger partial charge in [-0.15, -0.1) is 0 Å². The Morgan fingerprint density at radius 1 is 1.05 bits per heavy atom. The summed E-state index contributed by atoms with van der Waals surface area (Å²) in [5, 5.41) is 5.46. The Hall–Kier alpha value is -2.06. The predicted octanol–water partition coefficient (Wildman–Crippen LogP) is 5.12. The summed E-state index contributed by atoms with van der Waals surface area (Å²) in [6, 6.07) is 16.3. The minimum atomic E-state index is 0.755. The minimum Gasteiger partial charge on any atom is -0.381 e. The van der Waals surface area contributed by atoms with Gasteiger partial charge in [0.05, 0.1) is 5.52 Å². The molecule has 106 valence electrons. The molecule has 3 heteroatoms. The Bertz CT molecular complexity index is 796. The van der Waals surface area contributed by atoms with Gasteiger partial charge < -0.3 is 5.32 Å². The number of hydrogen-bond donors (Lipinski definition) is 1. The average Bonchev–Trinajstić information content (AvgIpc) is 2.48. The zero-order chi connectivity index (χ0) is 14.8. The van der Waals surface area contributed by atoms with Crippen molar-refractivity contribution < 1.29 is 0 Å². The fourth-order valence-corrected chi connectivity index (χ4v) is 2.71. The Labute approximate surface area is 129 Å². The fraction of sp³-hybridized carbons (Fsp3) is 0.167. The summed E-state index contributed by atoms with van der Waals surface area (Å²) in [5.41, 5.74) is 5.47. The van der Waals surface area contributed by atoms with Crippen molar-refractivity contribution in [1.29, 1.82) is 0 Å². The first-order chi connectivity index (χ1) is 10.1. The molecule has 0 unspecified atom stereocenters. The largest absolute Gasteiger partial charge is 0.381 e. The predicted molar refractivity (Wildman–Crippen MR) is 90.0 cm³/mol. The van der Waals surface area contributed by atoms with Crippen LogP contribution in [-0.2, 0) is 6.54 Å². The molecule has 3 aromatic rings. The summed E-state index contributed by atoms with van der Waals surface area (Å²) in [6.07, 6.45) is 0. The van der Waals surface area contributed by atoms with Gasteiger partial charge in [0, 0.05) is 28.3 Å². The smallest absolute Gasteiger partial charge is 0.0708 e. The normalized spacial score (nSPS) is 10.8. The zero-order valence-corrected chi connectivity index (χ0v) is 12.9. The number of halogens is 1. The molecular weight excluding hydrogens is 280 g/mol. The fourth-order valence-electron chi connectivity index (χ4n) is 2.53. The van der Waals surface area contributed by atoms with E-state index in [9.17, 15) is 0 Å². The molecule has 21 heavy (non-hydrogen) atoms. The van der Waals surface area contributed by atoms with Gasteiger partial charge in [-0.05, 0) is 49.2 Å². The molecule has 0 saturated carbocycles. The second-order valence-corrected chi connectivity index (χ2v) is 5.61. The third-order valence-electron chi connectivity index (χ3n) is 3.67. The monoisotopic (exact) mass is 296 g/mol. The van der Waals surface area contributed by atoms with E-state index < -0.39 is 0 Å². The Morgan fingerprint density at radius 2 is 1.86 bits per heavy atom. The zero-order valence-electron chi connectivity index (χ0n) is 12.2. The SMILES string of the molecule is Cc1cc(CNc2cccc(Cl)c2C)c2ccccc2n1. The van der Waals surface area contributed by atoms with Gasteiger partial charge in [-0.2, -0.15) is 0 Å². The third kappa shape index (κ3) is 2.86. The molecule has 0 amide bonds. The molecule has 1 aromatic heterocycles. The average molecular weight is 297 g/mol. The lowest BCUT2D eigenvalue weighted by molar-refractivity contribution is 1.13. The molecule has 0 atom stereocenters. The minimum absolute atomic E-state index is 0.755. The number of anilines is 1.